The standard InChI is InChI=1S/C10H10N4O2S.Ag.Ca.2H/c11-8-2-4-9(5-3-8)17(15,16)14-10-12-6-1-7-13-10;;;;/h1-7H,11H2,(H,12,13,14);;;;. The maximum atomic E-state index is 11.9. The van der Waals surface area contributed by atoms with Gasteiger partial charge in [-0.2, -0.15) is 0 Å². The molecule has 0 atom stereocenters. The second-order valence-electron chi connectivity index (χ2n) is 3.25. The number of nitrogens with one attached hydrogen (secondary N) is 1. The molecule has 0 bridgehead atoms. The summed E-state index contributed by atoms with van der Waals surface area (Å²) in [6, 6.07) is 7.46. The van der Waals surface area contributed by atoms with Crippen LogP contribution in [0.25, 0.3) is 0 Å². The Bertz CT molecular complexity index is 607. The van der Waals surface area contributed by atoms with E-state index in [0.29, 0.717) is 5.69 Å². The Labute approximate surface area is 156 Å². The molecule has 0 unspecified atom stereocenters. The van der Waals surface area contributed by atoms with Crippen LogP contribution >= 0.6 is 0 Å². The van der Waals surface area contributed by atoms with Crippen molar-refractivity contribution in [2.45, 2.75) is 4.90 Å². The number of hydrogen-bond acceptors (Lipinski definition) is 5. The number of nitrogen functional groups attached to an aromatic ring is 1. The van der Waals surface area contributed by atoms with Gasteiger partial charge in [0.15, 0.2) is 0 Å². The molecule has 1 aromatic heterocycles. The Morgan fingerprint density at radius 2 is 1.58 bits per heavy atom. The molecule has 2 rings (SSSR count). The molecule has 0 aliphatic rings. The topological polar surface area (TPSA) is 98.0 Å². The van der Waals surface area contributed by atoms with Gasteiger partial charge in [-0.05, 0) is 30.3 Å². The van der Waals surface area contributed by atoms with Gasteiger partial charge in [0.2, 0.25) is 5.95 Å². The first-order chi connectivity index (χ1) is 8.08. The molecule has 0 amide bonds. The van der Waals surface area contributed by atoms with Crippen molar-refractivity contribution in [2.24, 2.45) is 0 Å². The first-order valence-corrected chi connectivity index (χ1v) is 6.22. The van der Waals surface area contributed by atoms with Crippen molar-refractivity contribution < 1.29 is 30.8 Å². The van der Waals surface area contributed by atoms with Gasteiger partial charge in [0.05, 0.1) is 4.90 Å². The molecule has 0 saturated heterocycles. The van der Waals surface area contributed by atoms with Crippen molar-refractivity contribution in [3.63, 3.8) is 0 Å². The van der Waals surface area contributed by atoms with Gasteiger partial charge in [-0.15, -0.1) is 0 Å². The van der Waals surface area contributed by atoms with E-state index in [1.54, 1.807) is 6.07 Å². The first kappa shape index (κ1) is 18.9. The number of rotatable bonds is 3. The average Bonchev–Trinajstić information content (AvgIpc) is 2.30. The van der Waals surface area contributed by atoms with Crippen LogP contribution in [0.1, 0.15) is 0 Å². The molecular weight excluding hydrogens is 388 g/mol. The van der Waals surface area contributed by atoms with Gasteiger partial charge < -0.3 is 5.73 Å². The summed E-state index contributed by atoms with van der Waals surface area (Å²) in [7, 11) is -3.66. The molecule has 9 heteroatoms. The van der Waals surface area contributed by atoms with E-state index in [2.05, 4.69) is 14.7 Å². The number of anilines is 2. The first-order valence-electron chi connectivity index (χ1n) is 4.73. The Morgan fingerprint density at radius 3 is 2.11 bits per heavy atom. The average molecular weight is 400 g/mol. The van der Waals surface area contributed by atoms with Gasteiger partial charge in [-0.1, -0.05) is 0 Å². The fraction of sp³-hybridized carbons (Fsp3) is 0. The predicted octanol–water partition coefficient (Wildman–Crippen LogP) is -0.0591. The number of aromatic nitrogens is 2. The number of benzene rings is 1. The summed E-state index contributed by atoms with van der Waals surface area (Å²) < 4.78 is 26.0. The molecule has 19 heavy (non-hydrogen) atoms. The maximum absolute atomic E-state index is 11.9. The van der Waals surface area contributed by atoms with E-state index in [-0.39, 0.29) is 71.0 Å². The van der Waals surface area contributed by atoms with Crippen LogP contribution in [0.2, 0.25) is 0 Å². The van der Waals surface area contributed by atoms with Crippen molar-refractivity contribution >= 4 is 59.4 Å². The summed E-state index contributed by atoms with van der Waals surface area (Å²) in [6.07, 6.45) is 2.90. The second kappa shape index (κ2) is 8.21. The van der Waals surface area contributed by atoms with Gasteiger partial charge in [0.1, 0.15) is 0 Å². The minimum absolute atomic E-state index is 0. The van der Waals surface area contributed by atoms with Crippen LogP contribution in [0.15, 0.2) is 47.6 Å². The third-order valence-electron chi connectivity index (χ3n) is 1.98. The van der Waals surface area contributed by atoms with Gasteiger partial charge in [0, 0.05) is 40.5 Å². The zero-order chi connectivity index (χ0) is 12.3. The van der Waals surface area contributed by atoms with E-state index in [0.717, 1.165) is 0 Å². The summed E-state index contributed by atoms with van der Waals surface area (Å²) in [5.41, 5.74) is 5.98. The number of sulfonamides is 1. The second-order valence-corrected chi connectivity index (χ2v) is 4.93. The number of nitrogens with zero attached hydrogens (tertiary/aromatic N) is 2. The zero-order valence-corrected chi connectivity index (χ0v) is 11.3. The molecule has 1 radical (unpaired) electrons. The van der Waals surface area contributed by atoms with Crippen LogP contribution in [0, 0.1) is 0 Å². The van der Waals surface area contributed by atoms with E-state index in [9.17, 15) is 8.42 Å². The number of hydrogen-bond donors (Lipinski definition) is 2. The van der Waals surface area contributed by atoms with E-state index in [1.165, 1.54) is 36.7 Å². The van der Waals surface area contributed by atoms with Crippen molar-refractivity contribution in [1.29, 1.82) is 0 Å². The Balaban J connectivity index is 0.00000162. The Morgan fingerprint density at radius 1 is 1.05 bits per heavy atom. The van der Waals surface area contributed by atoms with Crippen LogP contribution in [-0.4, -0.2) is 56.1 Å². The van der Waals surface area contributed by atoms with Crippen LogP contribution in [0.5, 0.6) is 0 Å². The SMILES string of the molecule is Nc1ccc(S(=O)(=O)Nc2ncccn2)cc1.[Ag].[CaH2]. The van der Waals surface area contributed by atoms with E-state index in [4.69, 9.17) is 5.73 Å². The molecule has 1 aromatic carbocycles. The molecule has 0 aliphatic heterocycles. The fourth-order valence-corrected chi connectivity index (χ4v) is 2.14. The van der Waals surface area contributed by atoms with Crippen LogP contribution in [0.3, 0.4) is 0 Å². The van der Waals surface area contributed by atoms with Crippen LogP contribution in [0.4, 0.5) is 11.6 Å². The molecule has 0 fully saturated rings. The monoisotopic (exact) mass is 399 g/mol. The van der Waals surface area contributed by atoms with Gasteiger partial charge in [-0.3, -0.25) is 0 Å². The molecule has 6 nitrogen and oxygen atoms in total. The molecule has 2 aromatic rings. The summed E-state index contributed by atoms with van der Waals surface area (Å²) in [5, 5.41) is 0. The van der Waals surface area contributed by atoms with Crippen molar-refractivity contribution in [3.8, 4) is 0 Å². The summed E-state index contributed by atoms with van der Waals surface area (Å²) >= 11 is 0. The van der Waals surface area contributed by atoms with E-state index < -0.39 is 10.0 Å². The van der Waals surface area contributed by atoms with Gasteiger partial charge >= 0.3 is 37.7 Å². The van der Waals surface area contributed by atoms with E-state index in [1.807, 2.05) is 0 Å². The van der Waals surface area contributed by atoms with Gasteiger partial charge in [-0.25, -0.2) is 23.1 Å². The third kappa shape index (κ3) is 5.39. The van der Waals surface area contributed by atoms with E-state index >= 15 is 0 Å². The fourth-order valence-electron chi connectivity index (χ4n) is 1.18. The molecular formula is C10H12AgCaN4O2S. The Kier molecular flexibility index (Phi) is 8.14. The molecule has 0 saturated carbocycles. The van der Waals surface area contributed by atoms with Crippen molar-refractivity contribution in [1.82, 2.24) is 9.97 Å². The predicted molar refractivity (Wildman–Crippen MR) is 72.2 cm³/mol. The van der Waals surface area contributed by atoms with Crippen LogP contribution in [-0.2, 0) is 32.4 Å². The molecule has 103 valence electrons. The molecule has 1 heterocycles. The van der Waals surface area contributed by atoms with Gasteiger partial charge in [0.25, 0.3) is 10.0 Å². The van der Waals surface area contributed by atoms with Crippen molar-refractivity contribution in [2.75, 3.05) is 10.5 Å². The summed E-state index contributed by atoms with van der Waals surface area (Å²) in [6.45, 7) is 0. The Hall–Kier alpha value is -0.150. The molecule has 3 N–H and O–H groups in total. The normalized spacial score (nSPS) is 9.89. The molecule has 0 aliphatic carbocycles. The summed E-state index contributed by atoms with van der Waals surface area (Å²) in [5.74, 6) is 0.0318. The third-order valence-corrected chi connectivity index (χ3v) is 3.33. The zero-order valence-electron chi connectivity index (χ0n) is 9.04. The van der Waals surface area contributed by atoms with Crippen LogP contribution < -0.4 is 10.5 Å². The summed E-state index contributed by atoms with van der Waals surface area (Å²) in [4.78, 5) is 7.67. The minimum atomic E-state index is -3.66. The number of nitrogens with two attached hydrogens (primary N) is 1. The molecule has 0 spiro atoms. The van der Waals surface area contributed by atoms with Crippen molar-refractivity contribution in [3.05, 3.63) is 42.7 Å². The quantitative estimate of drug-likeness (QED) is 0.556.